The Labute approximate surface area is 634 Å². The molecular weight excluding hydrogens is 1440 g/mol. The summed E-state index contributed by atoms with van der Waals surface area (Å²) in [7, 11) is 6.84. The third-order valence-corrected chi connectivity index (χ3v) is 25.5. The van der Waals surface area contributed by atoms with E-state index in [9.17, 15) is 40.7 Å². The van der Waals surface area contributed by atoms with Gasteiger partial charge in [0.2, 0.25) is 70.9 Å². The lowest BCUT2D eigenvalue weighted by atomic mass is 9.76. The van der Waals surface area contributed by atoms with E-state index in [4.69, 9.17) is 4.74 Å². The summed E-state index contributed by atoms with van der Waals surface area (Å²) in [6, 6.07) is -10.8. The number of hydrogen-bond donors (Lipinski definition) is 3. The Bertz CT molecular complexity index is 3230. The molecule has 0 aromatic carbocycles. The van der Waals surface area contributed by atoms with Crippen LogP contribution in [0, 0.1) is 35.5 Å². The summed E-state index contributed by atoms with van der Waals surface area (Å²) in [5.41, 5.74) is -1.66. The first-order valence-corrected chi connectivity index (χ1v) is 40.0. The number of nitrogens with one attached hydrogen (secondary N) is 3. The number of fused-ring (bicyclic) bond motifs is 4. The molecule has 0 aromatic rings. The van der Waals surface area contributed by atoms with Gasteiger partial charge < -0.3 is 64.8 Å². The van der Waals surface area contributed by atoms with Crippen LogP contribution in [0.3, 0.4) is 0 Å². The van der Waals surface area contributed by atoms with E-state index in [0.717, 1.165) is 9.80 Å². The normalized spacial score (nSPS) is 32.6. The number of rotatable bonds is 9. The van der Waals surface area contributed by atoms with Crippen LogP contribution in [0.1, 0.15) is 200 Å². The minimum absolute atomic E-state index is 0.0212. The summed E-state index contributed by atoms with van der Waals surface area (Å²) in [6.45, 7) is 2.61. The highest BCUT2D eigenvalue weighted by atomic mass is 19.4. The number of hydrogen-bond acceptors (Lipinski definition) is 13. The van der Waals surface area contributed by atoms with Crippen LogP contribution < -0.4 is 16.0 Å². The first kappa shape index (κ1) is 86.0. The Morgan fingerprint density at radius 3 is 1.72 bits per heavy atom. The van der Waals surface area contributed by atoms with E-state index in [1.54, 1.807) is 13.8 Å². The maximum atomic E-state index is 15.8. The van der Waals surface area contributed by atoms with Gasteiger partial charge in [0.25, 0.3) is 0 Å². The number of carbonyl (C=O) groups excluding carboxylic acids is 12. The molecule has 109 heavy (non-hydrogen) atoms. The van der Waals surface area contributed by atoms with Gasteiger partial charge in [-0.05, 0) is 146 Å². The van der Waals surface area contributed by atoms with Gasteiger partial charge in [-0.15, -0.1) is 0 Å². The average Bonchev–Trinajstić information content (AvgIpc) is 1.74. The lowest BCUT2D eigenvalue weighted by molar-refractivity contribution is -0.219. The third kappa shape index (κ3) is 20.7. The second-order valence-corrected chi connectivity index (χ2v) is 32.7. The molecule has 0 radical (unpaired) electrons. The molecule has 4 saturated carbocycles. The monoisotopic (exact) mass is 1560 g/mol. The third-order valence-electron chi connectivity index (χ3n) is 25.5. The fourth-order valence-corrected chi connectivity index (χ4v) is 18.7. The fourth-order valence-electron chi connectivity index (χ4n) is 18.7. The molecule has 9 fully saturated rings. The van der Waals surface area contributed by atoms with Gasteiger partial charge in [-0.25, -0.2) is 8.78 Å². The Hall–Kier alpha value is -6.96. The van der Waals surface area contributed by atoms with Gasteiger partial charge >= 0.3 is 12.4 Å². The molecule has 33 heteroatoms. The average molecular weight is 1560 g/mol. The fraction of sp³-hybridized carbons (Fsp3) is 0.842. The van der Waals surface area contributed by atoms with Crippen LogP contribution in [0.15, 0.2) is 0 Å². The number of morpholine rings is 1. The molecule has 5 aliphatic heterocycles. The van der Waals surface area contributed by atoms with Crippen LogP contribution in [-0.4, -0.2) is 288 Å². The molecular formula is C76H116F8N12O13. The predicted molar refractivity (Wildman–Crippen MR) is 382 cm³/mol. The van der Waals surface area contributed by atoms with Crippen molar-refractivity contribution >= 4 is 70.9 Å². The van der Waals surface area contributed by atoms with Crippen LogP contribution in [0.4, 0.5) is 35.1 Å². The standard InChI is InChI=1S/C76H116F8N12O13/c1-8-46(2)63-71(106)89(4)45-61(99)90(5)56-23-12-10-18-34-96(70(56)105)58(42-47-25-28-50(29-26-47)75(79,80)81)68(103)88(3)44-59(97)85-53(30-27-48-40-51(77)62(52(78)41-48)76(82,83)84)67(102)95-35-19-24-55(95)66(101)87-74(31-15-16-32-74)73(108)92(7)64(49-20-13-14-21-49)72(107)91(6)57(69(104)93-36-38-109-39-37-93)43-60(98)94-33-17-9-11-22-54(94)65(100)86-63/h46-58,62-64H,8-45H2,1-7H3,(H,85,97)(H,86,100)(H,87,101)/t46-,47?,48?,50?,51?,52?,53-,54-,55-,56-,57-,58-,62?,63-,64-/m0/s1. The van der Waals surface area contributed by atoms with Gasteiger partial charge in [-0.1, -0.05) is 71.6 Å². The lowest BCUT2D eigenvalue weighted by Crippen LogP contribution is -2.65. The number of nitrogens with zero attached hydrogens (tertiary/aromatic N) is 9. The molecule has 12 amide bonds. The van der Waals surface area contributed by atoms with Crippen LogP contribution in [0.5, 0.6) is 0 Å². The maximum absolute atomic E-state index is 15.8. The second kappa shape index (κ2) is 37.6. The van der Waals surface area contributed by atoms with E-state index < -0.39 is 224 Å². The van der Waals surface area contributed by atoms with Crippen LogP contribution >= 0.6 is 0 Å². The van der Waals surface area contributed by atoms with E-state index >= 15 is 51.9 Å². The Kier molecular flexibility index (Phi) is 29.7. The van der Waals surface area contributed by atoms with E-state index in [1.807, 2.05) is 0 Å². The van der Waals surface area contributed by atoms with E-state index in [2.05, 4.69) is 16.0 Å². The molecule has 9 rings (SSSR count). The van der Waals surface area contributed by atoms with Gasteiger partial charge in [0.05, 0.1) is 38.6 Å². The zero-order valence-electron chi connectivity index (χ0n) is 64.5. The molecule has 2 unspecified atom stereocenters. The molecule has 4 aliphatic carbocycles. The molecule has 1 spiro atoms. The molecule has 11 atom stereocenters. The Balaban J connectivity index is 1.09. The van der Waals surface area contributed by atoms with Crippen molar-refractivity contribution < 1.29 is 97.4 Å². The minimum Gasteiger partial charge on any atom is -0.378 e. The molecule has 0 aromatic heterocycles. The number of halogens is 8. The number of carbonyl (C=O) groups is 12. The summed E-state index contributed by atoms with van der Waals surface area (Å²) in [5, 5.41) is 8.59. The van der Waals surface area contributed by atoms with Gasteiger partial charge in [-0.3, -0.25) is 57.5 Å². The molecule has 5 heterocycles. The Morgan fingerprint density at radius 1 is 0.541 bits per heavy atom. The topological polar surface area (TPSA) is 279 Å². The summed E-state index contributed by atoms with van der Waals surface area (Å²) in [4.78, 5) is 194. The van der Waals surface area contributed by atoms with E-state index in [-0.39, 0.29) is 123 Å². The summed E-state index contributed by atoms with van der Waals surface area (Å²) < 4.78 is 121. The summed E-state index contributed by atoms with van der Waals surface area (Å²) in [5.74, 6) is -15.9. The highest BCUT2D eigenvalue weighted by Gasteiger charge is 2.56. The molecule has 3 N–H and O–H groups in total. The van der Waals surface area contributed by atoms with Crippen molar-refractivity contribution in [2.75, 3.05) is 94.3 Å². The van der Waals surface area contributed by atoms with Crippen LogP contribution in [0.2, 0.25) is 0 Å². The van der Waals surface area contributed by atoms with Crippen LogP contribution in [0.25, 0.3) is 0 Å². The van der Waals surface area contributed by atoms with E-state index in [1.165, 1.54) is 69.5 Å². The Morgan fingerprint density at radius 2 is 1.11 bits per heavy atom. The summed E-state index contributed by atoms with van der Waals surface area (Å²) in [6.07, 6.45) is -11.2. The molecule has 9 aliphatic rings. The quantitative estimate of drug-likeness (QED) is 0.205. The van der Waals surface area contributed by atoms with Crippen molar-refractivity contribution in [1.82, 2.24) is 60.0 Å². The van der Waals surface area contributed by atoms with Crippen LogP contribution in [-0.2, 0) is 62.3 Å². The molecule has 2 bridgehead atoms. The zero-order valence-corrected chi connectivity index (χ0v) is 64.5. The highest BCUT2D eigenvalue weighted by molar-refractivity contribution is 6.01. The number of ether oxygens (including phenoxy) is 1. The van der Waals surface area contributed by atoms with Crippen molar-refractivity contribution in [1.29, 1.82) is 0 Å². The van der Waals surface area contributed by atoms with Crippen molar-refractivity contribution in [3.05, 3.63) is 0 Å². The number of alkyl halides is 8. The van der Waals surface area contributed by atoms with Crippen molar-refractivity contribution in [2.45, 2.75) is 279 Å². The predicted octanol–water partition coefficient (Wildman–Crippen LogP) is 6.62. The minimum atomic E-state index is -5.20. The smallest absolute Gasteiger partial charge is 0.378 e. The first-order valence-electron chi connectivity index (χ1n) is 40.0. The molecule has 5 saturated heterocycles. The highest BCUT2D eigenvalue weighted by Crippen LogP contribution is 2.46. The van der Waals surface area contributed by atoms with Crippen molar-refractivity contribution in [3.8, 4) is 0 Å². The lowest BCUT2D eigenvalue weighted by Gasteiger charge is -2.42. The SMILES string of the molecule is CC[C@H](C)[C@@H]1NC(=O)[C@@H]2CCCCCN2C(=O)C[C@@H](C(=O)N2CCOCC2)N(C)C(=O)[C@H](C2CCCC2)N(C)C(=O)C2(CCCC2)NC(=O)[C@@H]2CCCN2C(=O)[C@H](CCC2CC(F)C(C(F)(F)F)C(F)C2)NC(=O)CN(C)C(=O)[C@H](CC2CCC(C(F)(F)F)CC2)N2CCCCC[C@@H](C2=O)N(C)C(=O)CN(C)C1=O. The van der Waals surface area contributed by atoms with Gasteiger partial charge in [0.15, 0.2) is 0 Å². The first-order chi connectivity index (χ1) is 51.6. The van der Waals surface area contributed by atoms with Crippen molar-refractivity contribution in [3.63, 3.8) is 0 Å². The van der Waals surface area contributed by atoms with Gasteiger partial charge in [0, 0.05) is 68.0 Å². The maximum Gasteiger partial charge on any atom is 0.397 e. The van der Waals surface area contributed by atoms with E-state index in [0.29, 0.717) is 83.5 Å². The van der Waals surface area contributed by atoms with Crippen molar-refractivity contribution in [2.24, 2.45) is 35.5 Å². The van der Waals surface area contributed by atoms with Gasteiger partial charge in [-0.2, -0.15) is 26.3 Å². The zero-order chi connectivity index (χ0) is 79.6. The molecule has 614 valence electrons. The molecule has 25 nitrogen and oxygen atoms in total. The number of likely N-dealkylation sites (N-methyl/N-ethyl adjacent to an activating group) is 5. The number of amides is 12. The largest absolute Gasteiger partial charge is 0.397 e. The van der Waals surface area contributed by atoms with Gasteiger partial charge in [0.1, 0.15) is 72.1 Å². The second-order valence-electron chi connectivity index (χ2n) is 32.7. The summed E-state index contributed by atoms with van der Waals surface area (Å²) >= 11 is 0.